The topological polar surface area (TPSA) is 155 Å². The minimum atomic E-state index is -1.26. The number of anilines is 1. The average Bonchev–Trinajstić information content (AvgIpc) is 2.65. The van der Waals surface area contributed by atoms with Gasteiger partial charge in [0.2, 0.25) is 0 Å². The number of hydrogen-bond acceptors (Lipinski definition) is 9. The molecule has 0 amide bonds. The Hall–Kier alpha value is -3.79. The van der Waals surface area contributed by atoms with Crippen LogP contribution in [0.4, 0.5) is 11.5 Å². The summed E-state index contributed by atoms with van der Waals surface area (Å²) in [4.78, 5) is 23.0. The Morgan fingerprint density at radius 1 is 1.25 bits per heavy atom. The number of pyridine rings is 1. The number of phenols is 2. The van der Waals surface area contributed by atoms with E-state index in [1.165, 1.54) is 0 Å². The van der Waals surface area contributed by atoms with Crippen molar-refractivity contribution in [2.45, 2.75) is 19.6 Å². The summed E-state index contributed by atoms with van der Waals surface area (Å²) in [5.41, 5.74) is 0.961. The molecule has 2 heterocycles. The Balaban J connectivity index is 1.89. The number of nitrogens with one attached hydrogen (secondary N) is 1. The van der Waals surface area contributed by atoms with Crippen molar-refractivity contribution in [1.29, 1.82) is 0 Å². The molecule has 28 heavy (non-hydrogen) atoms. The first-order valence-electron chi connectivity index (χ1n) is 8.23. The fourth-order valence-electron chi connectivity index (χ4n) is 2.67. The van der Waals surface area contributed by atoms with E-state index in [1.807, 2.05) is 0 Å². The molecule has 4 N–H and O–H groups in total. The number of aryl methyl sites for hydroxylation is 1. The molecule has 0 bridgehead atoms. The van der Waals surface area contributed by atoms with Crippen molar-refractivity contribution in [2.75, 3.05) is 5.32 Å². The van der Waals surface area contributed by atoms with E-state index >= 15 is 0 Å². The lowest BCUT2D eigenvalue weighted by atomic mass is 10.1. The van der Waals surface area contributed by atoms with Gasteiger partial charge in [-0.05, 0) is 19.1 Å². The predicted octanol–water partition coefficient (Wildman–Crippen LogP) is 2.14. The van der Waals surface area contributed by atoms with Gasteiger partial charge in [0.15, 0.2) is 11.5 Å². The second-order valence-electron chi connectivity index (χ2n) is 6.01. The summed E-state index contributed by atoms with van der Waals surface area (Å²) >= 11 is 0. The van der Waals surface area contributed by atoms with E-state index in [1.54, 1.807) is 37.6 Å². The lowest BCUT2D eigenvalue weighted by Gasteiger charge is -2.17. The maximum Gasteiger partial charge on any atom is 0.276 e. The maximum absolute atomic E-state index is 11.2. The van der Waals surface area contributed by atoms with Gasteiger partial charge in [-0.25, -0.2) is 9.97 Å². The molecule has 0 unspecified atom stereocenters. The number of phenolic OH excluding ortho intramolecular Hbond substituents is 2. The Morgan fingerprint density at radius 2 is 2.00 bits per heavy atom. The SMILES string of the molecule is Cc1ncc(-c2cccnc2)c(N[C@@H](O)Cc2cc(O)c(O)cc2[N+](=O)[O-])n1. The maximum atomic E-state index is 11.2. The Kier molecular flexibility index (Phi) is 5.32. The molecule has 0 aliphatic rings. The summed E-state index contributed by atoms with van der Waals surface area (Å²) in [6, 6.07) is 5.44. The van der Waals surface area contributed by atoms with Gasteiger partial charge in [0.25, 0.3) is 5.69 Å². The molecule has 0 saturated heterocycles. The smallest absolute Gasteiger partial charge is 0.276 e. The number of aromatic nitrogens is 3. The summed E-state index contributed by atoms with van der Waals surface area (Å²) in [6.07, 6.45) is 3.36. The summed E-state index contributed by atoms with van der Waals surface area (Å²) in [7, 11) is 0. The molecule has 10 heteroatoms. The number of benzene rings is 1. The largest absolute Gasteiger partial charge is 0.504 e. The van der Waals surface area contributed by atoms with Crippen molar-refractivity contribution in [3.8, 4) is 22.6 Å². The second kappa shape index (κ2) is 7.84. The van der Waals surface area contributed by atoms with Gasteiger partial charge in [-0.2, -0.15) is 0 Å². The fourth-order valence-corrected chi connectivity index (χ4v) is 2.67. The summed E-state index contributed by atoms with van der Waals surface area (Å²) in [5, 5.41) is 43.5. The fraction of sp³-hybridized carbons (Fsp3) is 0.167. The van der Waals surface area contributed by atoms with Gasteiger partial charge in [0, 0.05) is 41.7 Å². The number of aliphatic hydroxyl groups excluding tert-OH is 1. The molecule has 1 atom stereocenters. The van der Waals surface area contributed by atoms with Crippen LogP contribution in [0, 0.1) is 17.0 Å². The second-order valence-corrected chi connectivity index (χ2v) is 6.01. The Morgan fingerprint density at radius 3 is 2.68 bits per heavy atom. The van der Waals surface area contributed by atoms with Gasteiger partial charge in [-0.3, -0.25) is 15.1 Å². The van der Waals surface area contributed by atoms with Crippen LogP contribution in [0.5, 0.6) is 11.5 Å². The van der Waals surface area contributed by atoms with Crippen LogP contribution in [0.3, 0.4) is 0 Å². The van der Waals surface area contributed by atoms with E-state index in [-0.39, 0.29) is 12.0 Å². The molecule has 0 saturated carbocycles. The first-order valence-corrected chi connectivity index (χ1v) is 8.23. The van der Waals surface area contributed by atoms with E-state index in [9.17, 15) is 25.4 Å². The number of nitro groups is 1. The molecule has 0 fully saturated rings. The Labute approximate surface area is 159 Å². The van der Waals surface area contributed by atoms with Crippen LogP contribution in [0.2, 0.25) is 0 Å². The van der Waals surface area contributed by atoms with Gasteiger partial charge >= 0.3 is 0 Å². The highest BCUT2D eigenvalue weighted by Gasteiger charge is 2.21. The van der Waals surface area contributed by atoms with Crippen LogP contribution in [-0.4, -0.2) is 41.4 Å². The number of hydrogen-bond donors (Lipinski definition) is 4. The molecular weight excluding hydrogens is 366 g/mol. The molecular formula is C18H17N5O5. The molecule has 3 aromatic rings. The van der Waals surface area contributed by atoms with Gasteiger partial charge in [-0.1, -0.05) is 6.07 Å². The highest BCUT2D eigenvalue weighted by Crippen LogP contribution is 2.33. The van der Waals surface area contributed by atoms with Crippen LogP contribution in [0.1, 0.15) is 11.4 Å². The molecule has 0 radical (unpaired) electrons. The number of rotatable bonds is 6. The van der Waals surface area contributed by atoms with E-state index < -0.39 is 28.3 Å². The van der Waals surface area contributed by atoms with Gasteiger partial charge in [-0.15, -0.1) is 0 Å². The monoisotopic (exact) mass is 383 g/mol. The predicted molar refractivity (Wildman–Crippen MR) is 99.8 cm³/mol. The number of aromatic hydroxyl groups is 2. The minimum absolute atomic E-state index is 0.0500. The zero-order chi connectivity index (χ0) is 20.3. The van der Waals surface area contributed by atoms with Crippen molar-refractivity contribution >= 4 is 11.5 Å². The van der Waals surface area contributed by atoms with Crippen molar-refractivity contribution in [1.82, 2.24) is 15.0 Å². The molecule has 2 aromatic heterocycles. The molecule has 0 aliphatic heterocycles. The van der Waals surface area contributed by atoms with E-state index in [2.05, 4.69) is 20.3 Å². The average molecular weight is 383 g/mol. The third-order valence-electron chi connectivity index (χ3n) is 3.97. The van der Waals surface area contributed by atoms with Crippen molar-refractivity contribution in [3.63, 3.8) is 0 Å². The molecule has 10 nitrogen and oxygen atoms in total. The third kappa shape index (κ3) is 4.13. The van der Waals surface area contributed by atoms with Crippen molar-refractivity contribution < 1.29 is 20.2 Å². The Bertz CT molecular complexity index is 1010. The summed E-state index contributed by atoms with van der Waals surface area (Å²) in [6.45, 7) is 1.69. The van der Waals surface area contributed by atoms with Crippen LogP contribution in [0.25, 0.3) is 11.1 Å². The van der Waals surface area contributed by atoms with Gasteiger partial charge in [0.05, 0.1) is 11.0 Å². The minimum Gasteiger partial charge on any atom is -0.504 e. The summed E-state index contributed by atoms with van der Waals surface area (Å²) in [5.74, 6) is -0.320. The lowest BCUT2D eigenvalue weighted by molar-refractivity contribution is -0.385. The first-order chi connectivity index (χ1) is 13.3. The first kappa shape index (κ1) is 19.0. The third-order valence-corrected chi connectivity index (χ3v) is 3.97. The quantitative estimate of drug-likeness (QED) is 0.217. The van der Waals surface area contributed by atoms with Gasteiger partial charge in [0.1, 0.15) is 17.9 Å². The normalized spacial score (nSPS) is 11.8. The van der Waals surface area contributed by atoms with E-state index in [4.69, 9.17) is 0 Å². The van der Waals surface area contributed by atoms with Crippen LogP contribution < -0.4 is 5.32 Å². The van der Waals surface area contributed by atoms with E-state index in [0.717, 1.165) is 17.7 Å². The highest BCUT2D eigenvalue weighted by molar-refractivity contribution is 5.73. The molecule has 3 rings (SSSR count). The molecule has 0 aliphatic carbocycles. The highest BCUT2D eigenvalue weighted by atomic mass is 16.6. The molecule has 1 aromatic carbocycles. The van der Waals surface area contributed by atoms with Crippen LogP contribution in [0.15, 0.2) is 42.9 Å². The number of nitrogens with zero attached hydrogens (tertiary/aromatic N) is 4. The zero-order valence-corrected chi connectivity index (χ0v) is 14.8. The number of nitro benzene ring substituents is 1. The van der Waals surface area contributed by atoms with E-state index in [0.29, 0.717) is 17.2 Å². The van der Waals surface area contributed by atoms with Crippen molar-refractivity contribution in [3.05, 3.63) is 64.4 Å². The van der Waals surface area contributed by atoms with Gasteiger partial charge < -0.3 is 20.6 Å². The standard InChI is InChI=1S/C18H17N5O5/c1-10-20-9-13(11-3-2-4-19-8-11)18(21-10)22-17(26)6-12-5-15(24)16(25)7-14(12)23(27)28/h2-5,7-9,17,24-26H,6H2,1H3,(H,20,21,22)/t17-/m0/s1. The van der Waals surface area contributed by atoms with Crippen LogP contribution in [-0.2, 0) is 6.42 Å². The summed E-state index contributed by atoms with van der Waals surface area (Å²) < 4.78 is 0. The zero-order valence-electron chi connectivity index (χ0n) is 14.8. The number of aliphatic hydroxyl groups is 1. The van der Waals surface area contributed by atoms with Crippen LogP contribution >= 0.6 is 0 Å². The lowest BCUT2D eigenvalue weighted by Crippen LogP contribution is -2.23. The molecule has 0 spiro atoms. The van der Waals surface area contributed by atoms with Crippen molar-refractivity contribution in [2.24, 2.45) is 0 Å². The molecule has 144 valence electrons.